The monoisotopic (exact) mass is 533 g/mol. The van der Waals surface area contributed by atoms with Gasteiger partial charge in [-0.25, -0.2) is 4.39 Å². The van der Waals surface area contributed by atoms with Crippen LogP contribution in [-0.2, 0) is 16.1 Å². The van der Waals surface area contributed by atoms with Crippen LogP contribution in [0, 0.1) is 5.82 Å². The Morgan fingerprint density at radius 3 is 2.47 bits per heavy atom. The minimum Gasteiger partial charge on any atom is -0.415 e. The third-order valence-corrected chi connectivity index (χ3v) is 6.20. The maximum atomic E-state index is 15.3. The number of alkyl halides is 2. The molecule has 1 aliphatic rings. The van der Waals surface area contributed by atoms with Crippen molar-refractivity contribution in [3.8, 4) is 11.5 Å². The third kappa shape index (κ3) is 5.69. The lowest BCUT2D eigenvalue weighted by Crippen LogP contribution is -2.49. The Bertz CT molecular complexity index is 1280. The van der Waals surface area contributed by atoms with Gasteiger partial charge < -0.3 is 29.1 Å². The molecule has 2 aromatic heterocycles. The lowest BCUT2D eigenvalue weighted by molar-refractivity contribution is -0.134. The maximum Gasteiger partial charge on any atom is 0.314 e. The molecule has 202 valence electrons. The number of carbonyl (C=O) groups excluding carboxylic acids is 2. The van der Waals surface area contributed by atoms with Crippen molar-refractivity contribution < 1.29 is 32.3 Å². The van der Waals surface area contributed by atoms with Crippen molar-refractivity contribution in [2.75, 3.05) is 61.6 Å². The summed E-state index contributed by atoms with van der Waals surface area (Å²) < 4.78 is 45.7. The molecule has 3 aromatic rings. The number of halogens is 3. The Morgan fingerprint density at radius 1 is 1.16 bits per heavy atom. The van der Waals surface area contributed by atoms with Gasteiger partial charge in [0.05, 0.1) is 34.9 Å². The Hall–Kier alpha value is -4.20. The minimum atomic E-state index is -2.87. The van der Waals surface area contributed by atoms with Crippen molar-refractivity contribution in [2.24, 2.45) is 0 Å². The number of benzene rings is 1. The second kappa shape index (κ2) is 11.5. The average molecular weight is 534 g/mol. The van der Waals surface area contributed by atoms with Crippen LogP contribution >= 0.6 is 0 Å². The SMILES string of the molecule is CN(C=O)c1cc(N2CCN(C(=O)CO)CC2)c(F)cc1N(C)Cc1ccc(-c2nnc(C(F)F)o2)cn1. The predicted octanol–water partition coefficient (Wildman–Crippen LogP) is 2.08. The van der Waals surface area contributed by atoms with Gasteiger partial charge in [0.1, 0.15) is 12.4 Å². The van der Waals surface area contributed by atoms with Crippen molar-refractivity contribution in [1.82, 2.24) is 20.1 Å². The number of aliphatic hydroxyl groups excluding tert-OH is 1. The highest BCUT2D eigenvalue weighted by molar-refractivity contribution is 5.86. The van der Waals surface area contributed by atoms with Gasteiger partial charge in [0, 0.05) is 52.5 Å². The molecule has 1 N–H and O–H groups in total. The van der Waals surface area contributed by atoms with Crippen LogP contribution in [0.2, 0.25) is 0 Å². The summed E-state index contributed by atoms with van der Waals surface area (Å²) in [6, 6.07) is 6.18. The number of aromatic nitrogens is 3. The number of pyridine rings is 1. The first-order valence-electron chi connectivity index (χ1n) is 11.6. The Kier molecular flexibility index (Phi) is 8.10. The highest BCUT2D eigenvalue weighted by atomic mass is 19.3. The van der Waals surface area contributed by atoms with Gasteiger partial charge in [0.2, 0.25) is 18.2 Å². The summed E-state index contributed by atoms with van der Waals surface area (Å²) in [5, 5.41) is 16.0. The molecule has 0 aliphatic carbocycles. The number of hydrogen-bond acceptors (Lipinski definition) is 9. The third-order valence-electron chi connectivity index (χ3n) is 6.20. The van der Waals surface area contributed by atoms with E-state index in [-0.39, 0.29) is 18.3 Å². The van der Waals surface area contributed by atoms with E-state index >= 15 is 4.39 Å². The summed E-state index contributed by atoms with van der Waals surface area (Å²) in [4.78, 5) is 34.1. The molecular weight excluding hydrogens is 507 g/mol. The zero-order chi connectivity index (χ0) is 27.4. The first kappa shape index (κ1) is 26.9. The van der Waals surface area contributed by atoms with Crippen molar-refractivity contribution >= 4 is 29.4 Å². The Labute approximate surface area is 216 Å². The van der Waals surface area contributed by atoms with Crippen LogP contribution in [0.5, 0.6) is 0 Å². The lowest BCUT2D eigenvalue weighted by atomic mass is 10.1. The Balaban J connectivity index is 1.52. The molecule has 2 amide bonds. The summed E-state index contributed by atoms with van der Waals surface area (Å²) in [7, 11) is 3.28. The highest BCUT2D eigenvalue weighted by Gasteiger charge is 2.25. The summed E-state index contributed by atoms with van der Waals surface area (Å²) >= 11 is 0. The minimum absolute atomic E-state index is 0.0816. The molecule has 38 heavy (non-hydrogen) atoms. The second-order valence-corrected chi connectivity index (χ2v) is 8.68. The quantitative estimate of drug-likeness (QED) is 0.413. The highest BCUT2D eigenvalue weighted by Crippen LogP contribution is 2.36. The Morgan fingerprint density at radius 2 is 1.89 bits per heavy atom. The van der Waals surface area contributed by atoms with E-state index in [0.29, 0.717) is 60.9 Å². The van der Waals surface area contributed by atoms with E-state index < -0.39 is 24.7 Å². The predicted molar refractivity (Wildman–Crippen MR) is 131 cm³/mol. The number of hydrogen-bond donors (Lipinski definition) is 1. The molecular formula is C24H26F3N7O4. The largest absolute Gasteiger partial charge is 0.415 e. The molecule has 3 heterocycles. The lowest BCUT2D eigenvalue weighted by Gasteiger charge is -2.37. The molecule has 11 nitrogen and oxygen atoms in total. The molecule has 0 bridgehead atoms. The molecule has 0 radical (unpaired) electrons. The molecule has 14 heteroatoms. The van der Waals surface area contributed by atoms with Gasteiger partial charge >= 0.3 is 6.43 Å². The number of rotatable bonds is 9. The average Bonchev–Trinajstić information content (AvgIpc) is 3.43. The van der Waals surface area contributed by atoms with Gasteiger partial charge in [-0.05, 0) is 18.2 Å². The van der Waals surface area contributed by atoms with E-state index in [1.165, 1.54) is 22.1 Å². The van der Waals surface area contributed by atoms with E-state index in [1.54, 1.807) is 42.1 Å². The van der Waals surface area contributed by atoms with E-state index in [2.05, 4.69) is 15.2 Å². The topological polar surface area (TPSA) is 119 Å². The van der Waals surface area contributed by atoms with Crippen LogP contribution in [0.4, 0.5) is 30.2 Å². The van der Waals surface area contributed by atoms with Crippen LogP contribution in [0.25, 0.3) is 11.5 Å². The first-order chi connectivity index (χ1) is 18.2. The molecule has 0 atom stereocenters. The van der Waals surface area contributed by atoms with Gasteiger partial charge in [-0.2, -0.15) is 8.78 Å². The fraction of sp³-hybridized carbons (Fsp3) is 0.375. The fourth-order valence-electron chi connectivity index (χ4n) is 4.14. The van der Waals surface area contributed by atoms with Crippen molar-refractivity contribution in [3.63, 3.8) is 0 Å². The van der Waals surface area contributed by atoms with E-state index in [0.717, 1.165) is 0 Å². The summed E-state index contributed by atoms with van der Waals surface area (Å²) in [5.41, 5.74) is 2.16. The van der Waals surface area contributed by atoms with Gasteiger partial charge in [-0.15, -0.1) is 10.2 Å². The maximum absolute atomic E-state index is 15.3. The summed E-state index contributed by atoms with van der Waals surface area (Å²) in [5.74, 6) is -1.73. The number of amides is 2. The van der Waals surface area contributed by atoms with Crippen molar-refractivity contribution in [3.05, 3.63) is 47.9 Å². The molecule has 1 saturated heterocycles. The molecule has 0 saturated carbocycles. The zero-order valence-corrected chi connectivity index (χ0v) is 20.7. The van der Waals surface area contributed by atoms with E-state index in [1.807, 2.05) is 0 Å². The van der Waals surface area contributed by atoms with E-state index in [9.17, 15) is 18.4 Å². The first-order valence-corrected chi connectivity index (χ1v) is 11.6. The van der Waals surface area contributed by atoms with Crippen LogP contribution in [0.3, 0.4) is 0 Å². The number of aliphatic hydroxyl groups is 1. The zero-order valence-electron chi connectivity index (χ0n) is 20.7. The smallest absolute Gasteiger partial charge is 0.314 e. The number of piperazine rings is 1. The molecule has 0 spiro atoms. The summed E-state index contributed by atoms with van der Waals surface area (Å²) in [6.45, 7) is 1.10. The second-order valence-electron chi connectivity index (χ2n) is 8.68. The van der Waals surface area contributed by atoms with Gasteiger partial charge in [0.25, 0.3) is 5.89 Å². The van der Waals surface area contributed by atoms with Crippen LogP contribution in [-0.4, -0.2) is 84.4 Å². The van der Waals surface area contributed by atoms with Gasteiger partial charge in [0.15, 0.2) is 0 Å². The summed E-state index contributed by atoms with van der Waals surface area (Å²) in [6.07, 6.45) is -0.838. The van der Waals surface area contributed by atoms with Crippen LogP contribution in [0.1, 0.15) is 18.0 Å². The van der Waals surface area contributed by atoms with Crippen molar-refractivity contribution in [1.29, 1.82) is 0 Å². The number of anilines is 3. The van der Waals surface area contributed by atoms with Gasteiger partial charge in [-0.3, -0.25) is 14.6 Å². The number of carbonyl (C=O) groups is 2. The number of nitrogens with zero attached hydrogens (tertiary/aromatic N) is 7. The fourth-order valence-corrected chi connectivity index (χ4v) is 4.14. The van der Waals surface area contributed by atoms with E-state index in [4.69, 9.17) is 9.52 Å². The van der Waals surface area contributed by atoms with Crippen LogP contribution in [0.15, 0.2) is 34.9 Å². The molecule has 4 rings (SSSR count). The molecule has 1 fully saturated rings. The normalized spacial score (nSPS) is 13.7. The van der Waals surface area contributed by atoms with Gasteiger partial charge in [-0.1, -0.05) is 0 Å². The molecule has 0 unspecified atom stereocenters. The molecule has 1 aliphatic heterocycles. The van der Waals surface area contributed by atoms with Crippen molar-refractivity contribution in [2.45, 2.75) is 13.0 Å². The molecule has 1 aromatic carbocycles. The van der Waals surface area contributed by atoms with Crippen LogP contribution < -0.4 is 14.7 Å². The standard InChI is InChI=1S/C24H26F3N7O4/c1-31(12-16-4-3-15(11-28-16)23-29-30-24(38-23)22(26)27)19-9-17(25)18(10-20(19)32(2)14-36)33-5-7-34(8-6-33)21(37)13-35/h3-4,9-11,14,22,35H,5-8,12-13H2,1-2H3.